The van der Waals surface area contributed by atoms with Crippen molar-refractivity contribution in [3.63, 3.8) is 0 Å². The second-order valence-corrected chi connectivity index (χ2v) is 7.81. The van der Waals surface area contributed by atoms with Crippen LogP contribution in [-0.2, 0) is 4.79 Å². The van der Waals surface area contributed by atoms with E-state index in [1.54, 1.807) is 6.08 Å². The third-order valence-corrected chi connectivity index (χ3v) is 5.74. The summed E-state index contributed by atoms with van der Waals surface area (Å²) in [6.45, 7) is 10.2. The van der Waals surface area contributed by atoms with E-state index in [0.29, 0.717) is 12.0 Å². The Bertz CT molecular complexity index is 653. The van der Waals surface area contributed by atoms with E-state index in [0.717, 1.165) is 37.7 Å². The summed E-state index contributed by atoms with van der Waals surface area (Å²) in [4.78, 5) is 11.8. The lowest BCUT2D eigenvalue weighted by atomic mass is 9.67. The molecule has 0 saturated carbocycles. The van der Waals surface area contributed by atoms with Gasteiger partial charge in [-0.15, -0.1) is 0 Å². The maximum Gasteiger partial charge on any atom is 0.339 e. The molecule has 0 bridgehead atoms. The predicted molar refractivity (Wildman–Crippen MR) is 104 cm³/mol. The minimum absolute atomic E-state index is 0.0199. The molecule has 0 aromatic rings. The Hall–Kier alpha value is -1.81. The van der Waals surface area contributed by atoms with Crippen molar-refractivity contribution in [3.05, 3.63) is 46.8 Å². The lowest BCUT2D eigenvalue weighted by Gasteiger charge is -2.39. The van der Waals surface area contributed by atoms with Gasteiger partial charge < -0.3 is 15.3 Å². The van der Waals surface area contributed by atoms with Crippen molar-refractivity contribution < 1.29 is 20.1 Å². The summed E-state index contributed by atoms with van der Waals surface area (Å²) in [6, 6.07) is 0. The number of carboxylic acids is 1. The van der Waals surface area contributed by atoms with Crippen LogP contribution < -0.4 is 0 Å². The molecule has 0 amide bonds. The number of unbranched alkanes of at least 4 members (excludes halogenated alkanes) is 2. The summed E-state index contributed by atoms with van der Waals surface area (Å²) in [5.74, 6) is -1.94. The Labute approximate surface area is 156 Å². The number of hydrogen-bond donors (Lipinski definition) is 3. The Kier molecular flexibility index (Phi) is 6.87. The first-order valence-corrected chi connectivity index (χ1v) is 9.66. The number of aliphatic carboxylic acids is 1. The predicted octanol–water partition coefficient (Wildman–Crippen LogP) is 4.93. The van der Waals surface area contributed by atoms with Crippen molar-refractivity contribution in [3.8, 4) is 0 Å². The molecule has 0 aromatic carbocycles. The largest absolute Gasteiger partial charge is 0.511 e. The van der Waals surface area contributed by atoms with Gasteiger partial charge in [-0.05, 0) is 56.9 Å². The van der Waals surface area contributed by atoms with Crippen LogP contribution in [0.1, 0.15) is 59.3 Å². The lowest BCUT2D eigenvalue weighted by molar-refractivity contribution is -0.132. The number of hydrogen-bond acceptors (Lipinski definition) is 3. The Morgan fingerprint density at radius 2 is 2.00 bits per heavy atom. The summed E-state index contributed by atoms with van der Waals surface area (Å²) in [5.41, 5.74) is 2.75. The Morgan fingerprint density at radius 1 is 1.31 bits per heavy atom. The number of carboxylic acid groups (broad SMARTS) is 1. The molecule has 26 heavy (non-hydrogen) atoms. The molecule has 144 valence electrons. The molecular weight excluding hydrogens is 328 g/mol. The maximum absolute atomic E-state index is 11.8. The third-order valence-electron chi connectivity index (χ3n) is 5.74. The zero-order valence-electron chi connectivity index (χ0n) is 16.2. The van der Waals surface area contributed by atoms with Crippen LogP contribution in [0.3, 0.4) is 0 Å². The first-order valence-electron chi connectivity index (χ1n) is 9.66. The van der Waals surface area contributed by atoms with Crippen LogP contribution in [0.25, 0.3) is 0 Å². The Morgan fingerprint density at radius 3 is 2.58 bits per heavy atom. The second-order valence-electron chi connectivity index (χ2n) is 7.81. The molecule has 2 unspecified atom stereocenters. The van der Waals surface area contributed by atoms with Crippen LogP contribution in [0, 0.1) is 17.8 Å². The smallest absolute Gasteiger partial charge is 0.339 e. The molecule has 2 rings (SSSR count). The second kappa shape index (κ2) is 8.72. The quantitative estimate of drug-likeness (QED) is 0.444. The molecule has 0 spiro atoms. The van der Waals surface area contributed by atoms with Gasteiger partial charge in [-0.25, -0.2) is 4.79 Å². The number of aliphatic hydroxyl groups is 2. The van der Waals surface area contributed by atoms with Crippen LogP contribution in [0.2, 0.25) is 0 Å². The highest BCUT2D eigenvalue weighted by atomic mass is 16.4. The first-order chi connectivity index (χ1) is 12.3. The van der Waals surface area contributed by atoms with Crippen molar-refractivity contribution in [1.29, 1.82) is 0 Å². The van der Waals surface area contributed by atoms with Gasteiger partial charge in [-0.2, -0.15) is 0 Å². The molecule has 0 aromatic heterocycles. The highest BCUT2D eigenvalue weighted by Gasteiger charge is 2.41. The fourth-order valence-electron chi connectivity index (χ4n) is 4.35. The molecule has 0 aliphatic heterocycles. The van der Waals surface area contributed by atoms with Gasteiger partial charge in [0.05, 0.1) is 12.0 Å². The van der Waals surface area contributed by atoms with Crippen LogP contribution in [-0.4, -0.2) is 27.4 Å². The van der Waals surface area contributed by atoms with E-state index in [-0.39, 0.29) is 23.2 Å². The minimum atomic E-state index is -1.12. The van der Waals surface area contributed by atoms with Gasteiger partial charge in [0, 0.05) is 0 Å². The maximum atomic E-state index is 11.8. The number of carbonyl (C=O) groups is 1. The van der Waals surface area contributed by atoms with Gasteiger partial charge >= 0.3 is 5.97 Å². The lowest BCUT2D eigenvalue weighted by Crippen LogP contribution is -2.37. The standard InChI is InChI=1S/C22H32O4/c1-5-6-7-8-15-12-18(23)20(21(24)19(15)22(25)26)17-11-14(4)9-10-16(17)13(2)3/h11-12,16-18,20,23-24H,2,5-10H2,1,3-4H3,(H,25,26)/t16-,17+,18?,20?/m0/s1. The van der Waals surface area contributed by atoms with E-state index in [4.69, 9.17) is 0 Å². The van der Waals surface area contributed by atoms with Crippen LogP contribution in [0.4, 0.5) is 0 Å². The van der Waals surface area contributed by atoms with E-state index in [1.165, 1.54) is 5.57 Å². The molecule has 0 fully saturated rings. The fourth-order valence-corrected chi connectivity index (χ4v) is 4.35. The van der Waals surface area contributed by atoms with Crippen LogP contribution >= 0.6 is 0 Å². The highest BCUT2D eigenvalue weighted by molar-refractivity contribution is 5.93. The molecule has 4 nitrogen and oxygen atoms in total. The molecule has 0 saturated heterocycles. The van der Waals surface area contributed by atoms with Gasteiger partial charge in [-0.3, -0.25) is 0 Å². The summed E-state index contributed by atoms with van der Waals surface area (Å²) in [7, 11) is 0. The highest BCUT2D eigenvalue weighted by Crippen LogP contribution is 2.44. The van der Waals surface area contributed by atoms with Gasteiger partial charge in [0.15, 0.2) is 0 Å². The van der Waals surface area contributed by atoms with Gasteiger partial charge in [0.2, 0.25) is 0 Å². The summed E-state index contributed by atoms with van der Waals surface area (Å²) >= 11 is 0. The molecule has 2 aliphatic rings. The summed E-state index contributed by atoms with van der Waals surface area (Å²) < 4.78 is 0. The van der Waals surface area contributed by atoms with E-state index in [9.17, 15) is 20.1 Å². The number of allylic oxidation sites excluding steroid dienone is 3. The van der Waals surface area contributed by atoms with E-state index in [1.807, 2.05) is 13.8 Å². The van der Waals surface area contributed by atoms with E-state index >= 15 is 0 Å². The number of rotatable bonds is 7. The van der Waals surface area contributed by atoms with Crippen molar-refractivity contribution in [2.75, 3.05) is 0 Å². The zero-order valence-corrected chi connectivity index (χ0v) is 16.2. The zero-order chi connectivity index (χ0) is 19.4. The molecule has 0 heterocycles. The molecular formula is C22H32O4. The Balaban J connectivity index is 2.42. The monoisotopic (exact) mass is 360 g/mol. The van der Waals surface area contributed by atoms with Crippen molar-refractivity contribution >= 4 is 5.97 Å². The van der Waals surface area contributed by atoms with E-state index < -0.39 is 18.0 Å². The fraction of sp³-hybridized carbons (Fsp3) is 0.591. The van der Waals surface area contributed by atoms with Gasteiger partial charge in [-0.1, -0.05) is 49.6 Å². The van der Waals surface area contributed by atoms with Crippen molar-refractivity contribution in [2.24, 2.45) is 17.8 Å². The first kappa shape index (κ1) is 20.5. The molecule has 2 aliphatic carbocycles. The number of aliphatic hydroxyl groups excluding tert-OH is 2. The van der Waals surface area contributed by atoms with Gasteiger partial charge in [0.1, 0.15) is 11.3 Å². The third kappa shape index (κ3) is 4.29. The summed E-state index contributed by atoms with van der Waals surface area (Å²) in [6.07, 6.45) is 8.16. The average Bonchev–Trinajstić information content (AvgIpc) is 2.54. The average molecular weight is 360 g/mol. The minimum Gasteiger partial charge on any atom is -0.511 e. The van der Waals surface area contributed by atoms with E-state index in [2.05, 4.69) is 19.6 Å². The topological polar surface area (TPSA) is 77.8 Å². The summed E-state index contributed by atoms with van der Waals surface area (Å²) in [5, 5.41) is 31.3. The van der Waals surface area contributed by atoms with Crippen molar-refractivity contribution in [2.45, 2.75) is 65.4 Å². The van der Waals surface area contributed by atoms with Crippen molar-refractivity contribution in [1.82, 2.24) is 0 Å². The van der Waals surface area contributed by atoms with Crippen LogP contribution in [0.15, 0.2) is 46.8 Å². The molecule has 3 N–H and O–H groups in total. The van der Waals surface area contributed by atoms with Crippen LogP contribution in [0.5, 0.6) is 0 Å². The SMILES string of the molecule is C=C(C)[C@@H]1CCC(C)=C[C@H]1C1C(O)=C(C(=O)O)C(CCCCC)=CC1O. The molecule has 4 atom stereocenters. The molecule has 0 radical (unpaired) electrons. The molecule has 4 heteroatoms. The normalized spacial score (nSPS) is 29.2. The van der Waals surface area contributed by atoms with Gasteiger partial charge in [0.25, 0.3) is 0 Å².